The van der Waals surface area contributed by atoms with Crippen LogP contribution < -0.4 is 15.2 Å². The number of rotatable bonds is 5. The van der Waals surface area contributed by atoms with Crippen molar-refractivity contribution < 1.29 is 18.3 Å². The van der Waals surface area contributed by atoms with E-state index in [1.54, 1.807) is 6.07 Å². The van der Waals surface area contributed by atoms with E-state index in [1.165, 1.54) is 12.1 Å². The zero-order valence-electron chi connectivity index (χ0n) is 8.37. The van der Waals surface area contributed by atoms with Crippen LogP contribution in [0.1, 0.15) is 6.92 Å². The van der Waals surface area contributed by atoms with Crippen LogP contribution in [-0.4, -0.2) is 19.6 Å². The number of hydrogen-bond acceptors (Lipinski definition) is 3. The molecule has 0 saturated heterocycles. The second kappa shape index (κ2) is 5.38. The van der Waals surface area contributed by atoms with Crippen LogP contribution in [0.3, 0.4) is 0 Å². The van der Waals surface area contributed by atoms with E-state index in [-0.39, 0.29) is 0 Å². The molecule has 0 radical (unpaired) electrons. The highest BCUT2D eigenvalue weighted by atomic mass is 19.3. The first-order valence-corrected chi connectivity index (χ1v) is 4.56. The predicted molar refractivity (Wildman–Crippen MR) is 53.5 cm³/mol. The number of halogens is 2. The van der Waals surface area contributed by atoms with Gasteiger partial charge in [0.25, 0.3) is 6.43 Å². The van der Waals surface area contributed by atoms with Gasteiger partial charge in [-0.15, -0.1) is 0 Å². The third kappa shape index (κ3) is 4.01. The molecule has 15 heavy (non-hydrogen) atoms. The predicted octanol–water partition coefficient (Wildman–Crippen LogP) is 2.31. The van der Waals surface area contributed by atoms with Gasteiger partial charge < -0.3 is 15.2 Å². The maximum absolute atomic E-state index is 11.9. The Morgan fingerprint density at radius 2 is 1.80 bits per heavy atom. The molecule has 0 aromatic heterocycles. The van der Waals surface area contributed by atoms with Gasteiger partial charge in [-0.2, -0.15) is 0 Å². The SMILES string of the molecule is CCOc1cc(N)cc(OCC(F)F)c1. The van der Waals surface area contributed by atoms with Crippen molar-refractivity contribution in [1.82, 2.24) is 0 Å². The molecule has 0 aliphatic carbocycles. The van der Waals surface area contributed by atoms with Crippen molar-refractivity contribution in [2.45, 2.75) is 13.3 Å². The first kappa shape index (κ1) is 11.6. The van der Waals surface area contributed by atoms with E-state index in [2.05, 4.69) is 0 Å². The molecular weight excluding hydrogens is 204 g/mol. The summed E-state index contributed by atoms with van der Waals surface area (Å²) >= 11 is 0. The second-order valence-corrected chi connectivity index (χ2v) is 2.87. The monoisotopic (exact) mass is 217 g/mol. The minimum atomic E-state index is -2.50. The fraction of sp³-hybridized carbons (Fsp3) is 0.400. The number of alkyl halides is 2. The molecule has 0 aliphatic rings. The quantitative estimate of drug-likeness (QED) is 0.770. The van der Waals surface area contributed by atoms with Gasteiger partial charge in [0.1, 0.15) is 18.1 Å². The summed E-state index contributed by atoms with van der Waals surface area (Å²) in [5.41, 5.74) is 5.97. The molecule has 0 aliphatic heterocycles. The first-order valence-electron chi connectivity index (χ1n) is 4.56. The molecular formula is C10H13F2NO2. The number of nitrogens with two attached hydrogens (primary N) is 1. The number of ether oxygens (including phenoxy) is 2. The van der Waals surface area contributed by atoms with Gasteiger partial charge in [-0.25, -0.2) is 8.78 Å². The summed E-state index contributed by atoms with van der Waals surface area (Å²) in [7, 11) is 0. The largest absolute Gasteiger partial charge is 0.494 e. The Bertz CT molecular complexity index is 318. The normalized spacial score (nSPS) is 10.4. The summed E-state index contributed by atoms with van der Waals surface area (Å²) in [6.45, 7) is 1.66. The van der Waals surface area contributed by atoms with Gasteiger partial charge in [0.15, 0.2) is 0 Å². The van der Waals surface area contributed by atoms with Crippen LogP contribution in [0.5, 0.6) is 11.5 Å². The van der Waals surface area contributed by atoms with E-state index >= 15 is 0 Å². The van der Waals surface area contributed by atoms with Gasteiger partial charge in [-0.05, 0) is 6.92 Å². The van der Waals surface area contributed by atoms with Crippen molar-refractivity contribution in [2.24, 2.45) is 0 Å². The topological polar surface area (TPSA) is 44.5 Å². The summed E-state index contributed by atoms with van der Waals surface area (Å²) < 4.78 is 33.8. The Morgan fingerprint density at radius 3 is 2.33 bits per heavy atom. The fourth-order valence-corrected chi connectivity index (χ4v) is 1.09. The van der Waals surface area contributed by atoms with Crippen molar-refractivity contribution in [2.75, 3.05) is 18.9 Å². The van der Waals surface area contributed by atoms with Crippen LogP contribution in [0.2, 0.25) is 0 Å². The lowest BCUT2D eigenvalue weighted by atomic mass is 10.3. The molecule has 1 rings (SSSR count). The van der Waals surface area contributed by atoms with Crippen molar-refractivity contribution >= 4 is 5.69 Å². The van der Waals surface area contributed by atoms with E-state index in [4.69, 9.17) is 15.2 Å². The summed E-state index contributed by atoms with van der Waals surface area (Å²) in [4.78, 5) is 0. The lowest BCUT2D eigenvalue weighted by molar-refractivity contribution is 0.0818. The summed E-state index contributed by atoms with van der Waals surface area (Å²) in [6, 6.07) is 4.62. The Labute approximate surface area is 86.8 Å². The Morgan fingerprint density at radius 1 is 1.20 bits per heavy atom. The third-order valence-electron chi connectivity index (χ3n) is 1.59. The molecule has 1 aromatic carbocycles. The van der Waals surface area contributed by atoms with Gasteiger partial charge in [-0.1, -0.05) is 0 Å². The van der Waals surface area contributed by atoms with Crippen LogP contribution in [0, 0.1) is 0 Å². The van der Waals surface area contributed by atoms with Crippen molar-refractivity contribution in [1.29, 1.82) is 0 Å². The number of anilines is 1. The molecule has 0 fully saturated rings. The average molecular weight is 217 g/mol. The van der Waals surface area contributed by atoms with E-state index in [9.17, 15) is 8.78 Å². The van der Waals surface area contributed by atoms with E-state index in [1.807, 2.05) is 6.92 Å². The minimum absolute atomic E-state index is 0.291. The molecule has 5 heteroatoms. The van der Waals surface area contributed by atoms with Crippen molar-refractivity contribution in [3.8, 4) is 11.5 Å². The molecule has 3 nitrogen and oxygen atoms in total. The summed E-state index contributed by atoms with van der Waals surface area (Å²) in [6.07, 6.45) is -2.50. The highest BCUT2D eigenvalue weighted by Gasteiger charge is 2.05. The molecule has 2 N–H and O–H groups in total. The second-order valence-electron chi connectivity index (χ2n) is 2.87. The number of hydrogen-bond donors (Lipinski definition) is 1. The summed E-state index contributed by atoms with van der Waals surface area (Å²) in [5.74, 6) is 0.806. The molecule has 0 unspecified atom stereocenters. The Hall–Kier alpha value is -1.52. The molecule has 1 aromatic rings. The molecule has 0 amide bonds. The van der Waals surface area contributed by atoms with Gasteiger partial charge in [0, 0.05) is 23.9 Å². The zero-order valence-corrected chi connectivity index (χ0v) is 8.37. The molecule has 0 saturated carbocycles. The lowest BCUT2D eigenvalue weighted by Crippen LogP contribution is -2.07. The van der Waals surface area contributed by atoms with E-state index in [0.717, 1.165) is 0 Å². The maximum atomic E-state index is 11.9. The first-order chi connectivity index (χ1) is 7.11. The van der Waals surface area contributed by atoms with Gasteiger partial charge in [-0.3, -0.25) is 0 Å². The third-order valence-corrected chi connectivity index (χ3v) is 1.59. The van der Waals surface area contributed by atoms with Crippen LogP contribution in [-0.2, 0) is 0 Å². The van der Waals surface area contributed by atoms with Crippen LogP contribution in [0.15, 0.2) is 18.2 Å². The maximum Gasteiger partial charge on any atom is 0.272 e. The standard InChI is InChI=1S/C10H13F2NO2/c1-2-14-8-3-7(13)4-9(5-8)15-6-10(11)12/h3-5,10H,2,6,13H2,1H3. The Balaban J connectivity index is 2.70. The molecule has 84 valence electrons. The lowest BCUT2D eigenvalue weighted by Gasteiger charge is -2.09. The molecule has 0 spiro atoms. The van der Waals surface area contributed by atoms with Crippen LogP contribution >= 0.6 is 0 Å². The average Bonchev–Trinajstić information content (AvgIpc) is 2.14. The molecule has 0 heterocycles. The highest BCUT2D eigenvalue weighted by Crippen LogP contribution is 2.24. The van der Waals surface area contributed by atoms with Crippen LogP contribution in [0.25, 0.3) is 0 Å². The van der Waals surface area contributed by atoms with Gasteiger partial charge in [0.05, 0.1) is 6.61 Å². The minimum Gasteiger partial charge on any atom is -0.494 e. The smallest absolute Gasteiger partial charge is 0.272 e. The van der Waals surface area contributed by atoms with E-state index in [0.29, 0.717) is 23.8 Å². The number of nitrogen functional groups attached to an aromatic ring is 1. The fourth-order valence-electron chi connectivity index (χ4n) is 1.09. The highest BCUT2D eigenvalue weighted by molar-refractivity contribution is 5.50. The van der Waals surface area contributed by atoms with Gasteiger partial charge >= 0.3 is 0 Å². The summed E-state index contributed by atoms with van der Waals surface area (Å²) in [5, 5.41) is 0. The van der Waals surface area contributed by atoms with Gasteiger partial charge in [0.2, 0.25) is 0 Å². The van der Waals surface area contributed by atoms with Crippen LogP contribution in [0.4, 0.5) is 14.5 Å². The molecule has 0 bridgehead atoms. The molecule has 0 atom stereocenters. The number of benzene rings is 1. The van der Waals surface area contributed by atoms with Crippen molar-refractivity contribution in [3.05, 3.63) is 18.2 Å². The zero-order chi connectivity index (χ0) is 11.3. The Kier molecular flexibility index (Phi) is 4.15. The van der Waals surface area contributed by atoms with Crippen molar-refractivity contribution in [3.63, 3.8) is 0 Å². The van der Waals surface area contributed by atoms with E-state index < -0.39 is 13.0 Å².